The first-order valence-corrected chi connectivity index (χ1v) is 41.7. The molecule has 5 N–H and O–H groups in total. The zero-order valence-electron chi connectivity index (χ0n) is 69.9. The van der Waals surface area contributed by atoms with Gasteiger partial charge in [0.25, 0.3) is 11.8 Å². The van der Waals surface area contributed by atoms with Gasteiger partial charge in [-0.15, -0.1) is 0 Å². The van der Waals surface area contributed by atoms with Crippen molar-refractivity contribution in [2.24, 2.45) is 28.7 Å². The van der Waals surface area contributed by atoms with Gasteiger partial charge >= 0.3 is 6.09 Å². The van der Waals surface area contributed by atoms with E-state index in [1.54, 1.807) is 67.6 Å². The van der Waals surface area contributed by atoms with Crippen LogP contribution in [-0.4, -0.2) is 256 Å². The molecule has 3 aromatic rings. The topological polar surface area (TPSA) is 367 Å². The number of likely N-dealkylation sites (tertiary alicyclic amines) is 1. The molecule has 8 atom stereocenters. The normalized spacial score (nSPS) is 19.7. The minimum Gasteiger partial charge on any atom is -0.493 e. The van der Waals surface area contributed by atoms with Crippen LogP contribution < -0.4 is 45.1 Å². The average Bonchev–Trinajstić information content (AvgIpc) is 1.59. The molecule has 650 valence electrons. The predicted octanol–water partition coefficient (Wildman–Crippen LogP) is 9.13. The number of rotatable bonds is 49. The summed E-state index contributed by atoms with van der Waals surface area (Å²) >= 11 is 0. The number of nitrogens with one attached hydrogen (secondary N) is 4. The second-order valence-electron chi connectivity index (χ2n) is 30.9. The lowest BCUT2D eigenvalue weighted by Gasteiger charge is -2.31. The third kappa shape index (κ3) is 28.3. The van der Waals surface area contributed by atoms with Crippen LogP contribution in [0.4, 0.5) is 21.9 Å². The molecule has 0 radical (unpaired) electrons. The molecule has 0 spiro atoms. The summed E-state index contributed by atoms with van der Waals surface area (Å²) in [4.78, 5) is 131. The van der Waals surface area contributed by atoms with Gasteiger partial charge in [-0.05, 0) is 113 Å². The zero-order valence-corrected chi connectivity index (χ0v) is 69.9. The Balaban J connectivity index is 0.564. The predicted molar refractivity (Wildman–Crippen MR) is 437 cm³/mol. The van der Waals surface area contributed by atoms with Gasteiger partial charge in [0, 0.05) is 68.8 Å². The van der Waals surface area contributed by atoms with Crippen molar-refractivity contribution in [1.82, 2.24) is 30.7 Å². The number of imide groups is 1. The second kappa shape index (κ2) is 48.8. The van der Waals surface area contributed by atoms with Crippen LogP contribution in [0.3, 0.4) is 0 Å². The third-order valence-corrected chi connectivity index (χ3v) is 21.4. The molecule has 32 nitrogen and oxygen atoms in total. The highest BCUT2D eigenvalue weighted by Crippen LogP contribution is 2.44. The first-order chi connectivity index (χ1) is 57.1. The van der Waals surface area contributed by atoms with Crippen molar-refractivity contribution in [3.63, 3.8) is 0 Å². The quantitative estimate of drug-likeness (QED) is 0.0260. The number of benzene rings is 3. The molecular weight excluding hydrogens is 1530 g/mol. The van der Waals surface area contributed by atoms with Crippen molar-refractivity contribution in [2.75, 3.05) is 156 Å². The van der Waals surface area contributed by atoms with Crippen molar-refractivity contribution in [2.45, 2.75) is 181 Å². The van der Waals surface area contributed by atoms with Gasteiger partial charge in [-0.1, -0.05) is 82.6 Å². The number of aliphatic hydroxyl groups is 1. The minimum absolute atomic E-state index is 0.0138. The van der Waals surface area contributed by atoms with Gasteiger partial charge in [0.2, 0.25) is 35.4 Å². The molecule has 9 rings (SSSR count). The van der Waals surface area contributed by atoms with E-state index >= 15 is 0 Å². The molecule has 2 fully saturated rings. The standard InChI is InChI=1S/C86H123N9O23/c1-57(2)79(91-77(97)24-29-108-31-33-110-35-37-112-39-41-114-43-44-115-42-40-113-38-36-111-34-32-109-30-25-87-76(96)23-26-92-78(98)50-66(82(92)101)63-18-14-11-9-10-13-17-58(3)45-63)81(100)89-61(6)80(99)90-64-21-19-62(20-22-64)56-118-86(105)95-70-52-75(73(107-8)49-68(70)84(103)94-55-60(5)47-71(94)85(95)104)117-28-16-12-15-27-116-74-51-69-67(48-72(74)106-7)83(102)93-54-59(4)46-65(93)53-88-69/h19-22,48-49,51-55,57-58,61,63,65-66,71,79,85,104H,9-18,23-47,50,56H2,1-8H3,(H,87,96)(H,89,100)(H,90,99)(H,91,97)/t58?,61-,63?,65-,66?,71-,79-,85-/m0/s1. The Bertz CT molecular complexity index is 3890. The maximum atomic E-state index is 14.3. The molecule has 32 heteroatoms. The van der Waals surface area contributed by atoms with Crippen LogP contribution in [0.5, 0.6) is 23.0 Å². The number of ether oxygens (including phenoxy) is 13. The number of hydrogen-bond donors (Lipinski definition) is 5. The van der Waals surface area contributed by atoms with E-state index in [-0.39, 0.29) is 129 Å². The van der Waals surface area contributed by atoms with Crippen molar-refractivity contribution < 1.29 is 110 Å². The zero-order chi connectivity index (χ0) is 84.3. The van der Waals surface area contributed by atoms with E-state index in [1.165, 1.54) is 75.2 Å². The number of carbonyl (C=O) groups is 9. The molecule has 5 heterocycles. The molecule has 118 heavy (non-hydrogen) atoms. The van der Waals surface area contributed by atoms with Crippen LogP contribution in [0.1, 0.15) is 171 Å². The monoisotopic (exact) mass is 1650 g/mol. The number of amides is 9. The molecule has 9 amide bonds. The Morgan fingerprint density at radius 2 is 1.13 bits per heavy atom. The number of aliphatic hydroxyl groups excluding tert-OH is 1. The van der Waals surface area contributed by atoms with E-state index in [4.69, 9.17) is 61.6 Å². The van der Waals surface area contributed by atoms with Crippen molar-refractivity contribution in [3.05, 3.63) is 88.8 Å². The van der Waals surface area contributed by atoms with Crippen molar-refractivity contribution in [3.8, 4) is 23.0 Å². The fraction of sp³-hybridized carbons (Fsp3) is 0.628. The number of anilines is 2. The molecule has 1 aliphatic carbocycles. The Hall–Kier alpha value is -9.12. The highest BCUT2D eigenvalue weighted by Gasteiger charge is 2.46. The molecule has 5 aliphatic heterocycles. The van der Waals surface area contributed by atoms with Gasteiger partial charge in [-0.3, -0.25) is 48.2 Å². The SMILES string of the molecule is COc1cc2c(cc1OCCCCCOc1cc3c(cc1OC)C(=O)N1C=C(C)C[C@H]1[C@H](O)N3C(=O)OCc1ccc(NC(=O)[C@H](C)NC(=O)[C@@H](NC(=O)CCOCCOCCOCCOCCOCCOCCOCCOCCNC(=O)CCN3C(=O)CC(C4CCCCCCCC(C)C4)C3=O)C(C)C)cc1)N=C[C@@H]1CC(C)=CN1C2=O. The highest BCUT2D eigenvalue weighted by atomic mass is 16.6. The van der Waals surface area contributed by atoms with Crippen LogP contribution in [0.2, 0.25) is 0 Å². The summed E-state index contributed by atoms with van der Waals surface area (Å²) in [6.45, 7) is 17.4. The Morgan fingerprint density at radius 1 is 0.576 bits per heavy atom. The summed E-state index contributed by atoms with van der Waals surface area (Å²) in [6, 6.07) is 9.95. The number of unbranched alkanes of at least 4 members (excludes halogenated alkanes) is 2. The van der Waals surface area contributed by atoms with E-state index < -0.39 is 54.1 Å². The first kappa shape index (κ1) is 92.8. The van der Waals surface area contributed by atoms with Gasteiger partial charge in [-0.25, -0.2) is 9.69 Å². The van der Waals surface area contributed by atoms with Crippen molar-refractivity contribution in [1.29, 1.82) is 0 Å². The lowest BCUT2D eigenvalue weighted by atomic mass is 9.78. The Kier molecular flexibility index (Phi) is 38.4. The van der Waals surface area contributed by atoms with E-state index in [9.17, 15) is 48.3 Å². The summed E-state index contributed by atoms with van der Waals surface area (Å²) in [7, 11) is 2.96. The van der Waals surface area contributed by atoms with Gasteiger partial charge in [-0.2, -0.15) is 0 Å². The lowest BCUT2D eigenvalue weighted by Crippen LogP contribution is -2.53. The Labute approximate surface area is 692 Å². The number of nitrogens with zero attached hydrogens (tertiary/aromatic N) is 5. The van der Waals surface area contributed by atoms with E-state index in [0.29, 0.717) is 165 Å². The number of methoxy groups -OCH3 is 2. The lowest BCUT2D eigenvalue weighted by molar-refractivity contribution is -0.140. The smallest absolute Gasteiger partial charge is 0.416 e. The van der Waals surface area contributed by atoms with Gasteiger partial charge < -0.3 is 97.8 Å². The van der Waals surface area contributed by atoms with Crippen LogP contribution in [-0.2, 0) is 78.0 Å². The fourth-order valence-electron chi connectivity index (χ4n) is 15.0. The summed E-state index contributed by atoms with van der Waals surface area (Å²) in [5.74, 6) is -1.04. The third-order valence-electron chi connectivity index (χ3n) is 21.4. The Morgan fingerprint density at radius 3 is 1.74 bits per heavy atom. The highest BCUT2D eigenvalue weighted by molar-refractivity contribution is 6.07. The number of aliphatic imine (C=N–C) groups is 1. The van der Waals surface area contributed by atoms with E-state index in [0.717, 1.165) is 41.7 Å². The molecule has 0 bridgehead atoms. The number of fused-ring (bicyclic) bond motifs is 4. The second-order valence-corrected chi connectivity index (χ2v) is 30.9. The maximum Gasteiger partial charge on any atom is 0.416 e. The van der Waals surface area contributed by atoms with Gasteiger partial charge in [0.15, 0.2) is 29.2 Å². The van der Waals surface area contributed by atoms with Crippen LogP contribution in [0, 0.1) is 23.7 Å². The molecule has 3 aromatic carbocycles. The summed E-state index contributed by atoms with van der Waals surface area (Å²) < 4.78 is 74.0. The summed E-state index contributed by atoms with van der Waals surface area (Å²) in [6.07, 6.45) is 15.3. The molecule has 3 unspecified atom stereocenters. The van der Waals surface area contributed by atoms with Crippen LogP contribution in [0.15, 0.2) is 77.1 Å². The van der Waals surface area contributed by atoms with Crippen LogP contribution in [0.25, 0.3) is 0 Å². The summed E-state index contributed by atoms with van der Waals surface area (Å²) in [5, 5.41) is 23.0. The molecule has 1 saturated heterocycles. The average molecular weight is 1650 g/mol. The number of hydrogen-bond acceptors (Lipinski definition) is 24. The fourth-order valence-corrected chi connectivity index (χ4v) is 15.0. The molecule has 1 saturated carbocycles. The van der Waals surface area contributed by atoms with Gasteiger partial charge in [0.05, 0.1) is 174 Å². The van der Waals surface area contributed by atoms with E-state index in [2.05, 4.69) is 33.2 Å². The number of carbonyl (C=O) groups excluding carboxylic acids is 9. The minimum atomic E-state index is -1.53. The molecular formula is C86H123N9O23. The van der Waals surface area contributed by atoms with Gasteiger partial charge in [0.1, 0.15) is 18.7 Å². The van der Waals surface area contributed by atoms with Crippen LogP contribution >= 0.6 is 0 Å². The summed E-state index contributed by atoms with van der Waals surface area (Å²) in [5.41, 5.74) is 3.92. The van der Waals surface area contributed by atoms with Crippen molar-refractivity contribution >= 4 is 76.6 Å². The molecule has 6 aliphatic rings. The first-order valence-electron chi connectivity index (χ1n) is 41.7. The molecule has 0 aromatic heterocycles. The van der Waals surface area contributed by atoms with E-state index in [1.807, 2.05) is 20.0 Å². The maximum absolute atomic E-state index is 14.3. The largest absolute Gasteiger partial charge is 0.493 e.